The van der Waals surface area contributed by atoms with Crippen molar-refractivity contribution in [2.24, 2.45) is 29.4 Å². The molecule has 0 aromatic carbocycles. The van der Waals surface area contributed by atoms with Gasteiger partial charge in [0.25, 0.3) is 5.56 Å². The lowest BCUT2D eigenvalue weighted by molar-refractivity contribution is -0.00512. The number of hydrogen-bond donors (Lipinski definition) is 2. The third-order valence-electron chi connectivity index (χ3n) is 5.71. The average molecular weight is 275 g/mol. The van der Waals surface area contributed by atoms with Gasteiger partial charge in [0, 0.05) is 5.92 Å². The molecule has 6 nitrogen and oxygen atoms in total. The van der Waals surface area contributed by atoms with Crippen LogP contribution in [0.25, 0.3) is 0 Å². The van der Waals surface area contributed by atoms with Crippen LogP contribution < -0.4 is 17.1 Å². The number of nitrogens with zero attached hydrogens (tertiary/aromatic N) is 3. The summed E-state index contributed by atoms with van der Waals surface area (Å²) in [6.45, 7) is 0.140. The third-order valence-corrected chi connectivity index (χ3v) is 5.71. The van der Waals surface area contributed by atoms with E-state index < -0.39 is 0 Å². The summed E-state index contributed by atoms with van der Waals surface area (Å²) >= 11 is 0. The minimum absolute atomic E-state index is 0.140. The minimum atomic E-state index is -0.196. The first-order valence-corrected chi connectivity index (χ1v) is 7.61. The van der Waals surface area contributed by atoms with Crippen LogP contribution in [-0.4, -0.2) is 14.9 Å². The van der Waals surface area contributed by atoms with Gasteiger partial charge in [0.05, 0.1) is 6.54 Å². The van der Waals surface area contributed by atoms with Crippen LogP contribution in [-0.2, 0) is 6.54 Å². The molecule has 0 atom stereocenters. The molecule has 0 amide bonds. The molecule has 1 aromatic rings. The Bertz CT molecular complexity index is 568. The summed E-state index contributed by atoms with van der Waals surface area (Å²) in [6, 6.07) is 0. The molecule has 1 aromatic heterocycles. The first-order valence-electron chi connectivity index (χ1n) is 7.61. The van der Waals surface area contributed by atoms with E-state index in [0.29, 0.717) is 23.4 Å². The van der Waals surface area contributed by atoms with E-state index in [9.17, 15) is 4.79 Å². The molecule has 108 valence electrons. The van der Waals surface area contributed by atoms with Gasteiger partial charge in [0.1, 0.15) is 5.69 Å². The highest BCUT2D eigenvalue weighted by Crippen LogP contribution is 2.58. The van der Waals surface area contributed by atoms with Crippen molar-refractivity contribution in [2.75, 3.05) is 5.84 Å². The van der Waals surface area contributed by atoms with Crippen molar-refractivity contribution in [3.05, 3.63) is 21.9 Å². The fraction of sp³-hybridized carbons (Fsp3) is 0.786. The smallest absolute Gasteiger partial charge is 0.294 e. The average Bonchev–Trinajstić information content (AvgIpc) is 2.42. The Balaban J connectivity index is 1.75. The number of hydrogen-bond acceptors (Lipinski definition) is 5. The van der Waals surface area contributed by atoms with Crippen molar-refractivity contribution in [3.8, 4) is 0 Å². The predicted molar refractivity (Wildman–Crippen MR) is 74.1 cm³/mol. The largest absolute Gasteiger partial charge is 0.335 e. The Hall–Kier alpha value is -1.43. The first-order chi connectivity index (χ1) is 9.67. The molecule has 4 N–H and O–H groups in total. The molecule has 4 aliphatic carbocycles. The van der Waals surface area contributed by atoms with Crippen molar-refractivity contribution in [2.45, 2.75) is 44.6 Å². The van der Waals surface area contributed by atoms with Crippen LogP contribution in [0.5, 0.6) is 0 Å². The molecule has 0 spiro atoms. The second-order valence-electron chi connectivity index (χ2n) is 6.84. The summed E-state index contributed by atoms with van der Waals surface area (Å²) in [5.41, 5.74) is 5.91. The van der Waals surface area contributed by atoms with Crippen molar-refractivity contribution in [1.29, 1.82) is 0 Å². The van der Waals surface area contributed by atoms with Crippen LogP contribution in [0.2, 0.25) is 0 Å². The molecule has 5 rings (SSSR count). The molecule has 0 aliphatic heterocycles. The highest BCUT2D eigenvalue weighted by atomic mass is 16.1. The summed E-state index contributed by atoms with van der Waals surface area (Å²) in [4.78, 5) is 12.5. The third kappa shape index (κ3) is 1.63. The molecule has 1 heterocycles. The van der Waals surface area contributed by atoms with Crippen LogP contribution in [0, 0.1) is 23.7 Å². The van der Waals surface area contributed by atoms with E-state index in [1.54, 1.807) is 0 Å². The topological polar surface area (TPSA) is 99.8 Å². The van der Waals surface area contributed by atoms with Gasteiger partial charge in [-0.1, -0.05) is 0 Å². The molecule has 4 fully saturated rings. The summed E-state index contributed by atoms with van der Waals surface area (Å²) in [6.07, 6.45) is 6.41. The normalized spacial score (nSPS) is 38.4. The van der Waals surface area contributed by atoms with Gasteiger partial charge in [-0.2, -0.15) is 0 Å². The highest BCUT2D eigenvalue weighted by molar-refractivity contribution is 5.14. The van der Waals surface area contributed by atoms with E-state index >= 15 is 0 Å². The molecule has 0 unspecified atom stereocenters. The van der Waals surface area contributed by atoms with Crippen molar-refractivity contribution >= 4 is 0 Å². The standard InChI is InChI=1S/C14H21N5O/c15-6-11-17-18-13(14(20)19(11)16)12-9-2-7-1-8(4-9)5-10(12)3-7/h7-10,12H,1-6,15-16H2. The zero-order valence-electron chi connectivity index (χ0n) is 11.5. The fourth-order valence-corrected chi connectivity index (χ4v) is 5.16. The van der Waals surface area contributed by atoms with Gasteiger partial charge in [-0.3, -0.25) is 4.79 Å². The van der Waals surface area contributed by atoms with Gasteiger partial charge in [-0.15, -0.1) is 10.2 Å². The monoisotopic (exact) mass is 275 g/mol. The molecular weight excluding hydrogens is 254 g/mol. The lowest BCUT2D eigenvalue weighted by Gasteiger charge is -2.53. The zero-order chi connectivity index (χ0) is 13.9. The highest BCUT2D eigenvalue weighted by Gasteiger charge is 2.50. The molecule has 4 aliphatic rings. The van der Waals surface area contributed by atoms with Gasteiger partial charge in [-0.25, -0.2) is 4.68 Å². The van der Waals surface area contributed by atoms with Crippen molar-refractivity contribution in [3.63, 3.8) is 0 Å². The predicted octanol–water partition coefficient (Wildman–Crippen LogP) is 0.350. The van der Waals surface area contributed by atoms with E-state index in [1.165, 1.54) is 32.1 Å². The number of nitrogen functional groups attached to an aromatic ring is 1. The number of aromatic nitrogens is 3. The van der Waals surface area contributed by atoms with Gasteiger partial charge in [-0.05, 0) is 55.8 Å². The Morgan fingerprint density at radius 2 is 1.65 bits per heavy atom. The maximum atomic E-state index is 12.5. The van der Waals surface area contributed by atoms with E-state index in [-0.39, 0.29) is 18.0 Å². The van der Waals surface area contributed by atoms with Crippen LogP contribution in [0.15, 0.2) is 4.79 Å². The number of rotatable bonds is 2. The Kier molecular flexibility index (Phi) is 2.64. The van der Waals surface area contributed by atoms with Crippen molar-refractivity contribution < 1.29 is 0 Å². The van der Waals surface area contributed by atoms with Crippen LogP contribution in [0.3, 0.4) is 0 Å². The maximum absolute atomic E-state index is 12.5. The quantitative estimate of drug-likeness (QED) is 0.759. The van der Waals surface area contributed by atoms with Gasteiger partial charge < -0.3 is 11.6 Å². The van der Waals surface area contributed by atoms with E-state index in [2.05, 4.69) is 10.2 Å². The molecule has 4 bridgehead atoms. The molecule has 0 saturated heterocycles. The van der Waals surface area contributed by atoms with E-state index in [4.69, 9.17) is 11.6 Å². The first kappa shape index (κ1) is 12.3. The minimum Gasteiger partial charge on any atom is -0.335 e. The summed E-state index contributed by atoms with van der Waals surface area (Å²) in [5.74, 6) is 9.40. The Morgan fingerprint density at radius 3 is 2.20 bits per heavy atom. The second-order valence-corrected chi connectivity index (χ2v) is 6.84. The number of nitrogens with two attached hydrogens (primary N) is 2. The Morgan fingerprint density at radius 1 is 1.05 bits per heavy atom. The Labute approximate surface area is 117 Å². The molecule has 4 saturated carbocycles. The van der Waals surface area contributed by atoms with Crippen LogP contribution in [0.1, 0.15) is 49.5 Å². The lowest BCUT2D eigenvalue weighted by atomic mass is 9.51. The summed E-state index contributed by atoms with van der Waals surface area (Å²) < 4.78 is 1.09. The van der Waals surface area contributed by atoms with Crippen LogP contribution >= 0.6 is 0 Å². The summed E-state index contributed by atoms with van der Waals surface area (Å²) in [7, 11) is 0. The van der Waals surface area contributed by atoms with Crippen molar-refractivity contribution in [1.82, 2.24) is 14.9 Å². The van der Waals surface area contributed by atoms with Gasteiger partial charge in [0.2, 0.25) is 0 Å². The van der Waals surface area contributed by atoms with E-state index in [0.717, 1.165) is 16.5 Å². The van der Waals surface area contributed by atoms with Crippen LogP contribution in [0.4, 0.5) is 0 Å². The van der Waals surface area contributed by atoms with Gasteiger partial charge in [0.15, 0.2) is 5.82 Å². The maximum Gasteiger partial charge on any atom is 0.294 e. The molecule has 20 heavy (non-hydrogen) atoms. The second kappa shape index (κ2) is 4.28. The zero-order valence-corrected chi connectivity index (χ0v) is 11.5. The fourth-order valence-electron chi connectivity index (χ4n) is 5.16. The molecular formula is C14H21N5O. The van der Waals surface area contributed by atoms with E-state index in [1.807, 2.05) is 0 Å². The lowest BCUT2D eigenvalue weighted by Crippen LogP contribution is -2.47. The molecule has 6 heteroatoms. The van der Waals surface area contributed by atoms with Gasteiger partial charge >= 0.3 is 0 Å². The SMILES string of the molecule is NCc1nnc(C2C3CC4CC(C3)CC2C4)c(=O)n1N. The molecule has 0 radical (unpaired) electrons. The summed E-state index contributed by atoms with van der Waals surface area (Å²) in [5, 5.41) is 8.27.